The van der Waals surface area contributed by atoms with Crippen LogP contribution in [0.25, 0.3) is 0 Å². The van der Waals surface area contributed by atoms with Crippen LogP contribution in [0.3, 0.4) is 0 Å². The van der Waals surface area contributed by atoms with Crippen LogP contribution in [0.5, 0.6) is 0 Å². The zero-order valence-electron chi connectivity index (χ0n) is 11.4. The lowest BCUT2D eigenvalue weighted by Crippen LogP contribution is -2.56. The van der Waals surface area contributed by atoms with Gasteiger partial charge < -0.3 is 10.2 Å². The van der Waals surface area contributed by atoms with Gasteiger partial charge in [0.1, 0.15) is 0 Å². The topological polar surface area (TPSA) is 32.3 Å². The van der Waals surface area contributed by atoms with E-state index in [2.05, 4.69) is 10.2 Å². The van der Waals surface area contributed by atoms with Crippen LogP contribution in [0.15, 0.2) is 0 Å². The highest BCUT2D eigenvalue weighted by Crippen LogP contribution is 2.35. The molecule has 3 heteroatoms. The van der Waals surface area contributed by atoms with Gasteiger partial charge in [-0.05, 0) is 51.0 Å². The summed E-state index contributed by atoms with van der Waals surface area (Å²) in [5.41, 5.74) is 0. The number of hydrogen-bond donors (Lipinski definition) is 1. The molecule has 2 saturated heterocycles. The minimum Gasteiger partial charge on any atom is -0.338 e. The summed E-state index contributed by atoms with van der Waals surface area (Å²) in [6.45, 7) is 2.04. The third kappa shape index (κ3) is 2.42. The van der Waals surface area contributed by atoms with Crippen molar-refractivity contribution in [3.63, 3.8) is 0 Å². The molecule has 3 nitrogen and oxygen atoms in total. The SMILES string of the molecule is O=C([C@H]1CCCCN1)N1CCC[C@H]2CCCC[C@H]21. The van der Waals surface area contributed by atoms with Gasteiger partial charge in [0.2, 0.25) is 5.91 Å². The normalized spacial score (nSPS) is 37.1. The lowest BCUT2D eigenvalue weighted by molar-refractivity contribution is -0.140. The van der Waals surface area contributed by atoms with E-state index >= 15 is 0 Å². The second-order valence-electron chi connectivity index (χ2n) is 6.29. The summed E-state index contributed by atoms with van der Waals surface area (Å²) in [6.07, 6.45) is 11.4. The summed E-state index contributed by atoms with van der Waals surface area (Å²) in [4.78, 5) is 14.9. The fraction of sp³-hybridized carbons (Fsp3) is 0.933. The number of hydrogen-bond acceptors (Lipinski definition) is 2. The first-order chi connectivity index (χ1) is 8.86. The smallest absolute Gasteiger partial charge is 0.239 e. The van der Waals surface area contributed by atoms with Gasteiger partial charge in [0.15, 0.2) is 0 Å². The molecule has 0 aromatic carbocycles. The molecule has 3 atom stereocenters. The van der Waals surface area contributed by atoms with Crippen LogP contribution in [0, 0.1) is 5.92 Å². The van der Waals surface area contributed by atoms with Crippen LogP contribution in [-0.2, 0) is 4.79 Å². The average Bonchev–Trinajstić information content (AvgIpc) is 2.47. The number of nitrogens with one attached hydrogen (secondary N) is 1. The van der Waals surface area contributed by atoms with E-state index < -0.39 is 0 Å². The number of carbonyl (C=O) groups excluding carboxylic acids is 1. The molecule has 1 aliphatic carbocycles. The third-order valence-electron chi connectivity index (χ3n) is 5.13. The molecule has 102 valence electrons. The van der Waals surface area contributed by atoms with E-state index in [1.54, 1.807) is 0 Å². The summed E-state index contributed by atoms with van der Waals surface area (Å²) in [5, 5.41) is 3.42. The van der Waals surface area contributed by atoms with Crippen molar-refractivity contribution in [2.45, 2.75) is 69.9 Å². The predicted octanol–water partition coefficient (Wildman–Crippen LogP) is 2.31. The van der Waals surface area contributed by atoms with E-state index in [0.29, 0.717) is 11.9 Å². The van der Waals surface area contributed by atoms with Gasteiger partial charge >= 0.3 is 0 Å². The second-order valence-corrected chi connectivity index (χ2v) is 6.29. The minimum atomic E-state index is 0.124. The van der Waals surface area contributed by atoms with Crippen molar-refractivity contribution in [1.29, 1.82) is 0 Å². The molecule has 1 amide bonds. The molecular weight excluding hydrogens is 224 g/mol. The Balaban J connectivity index is 1.67. The Labute approximate surface area is 110 Å². The largest absolute Gasteiger partial charge is 0.338 e. The van der Waals surface area contributed by atoms with Gasteiger partial charge in [-0.2, -0.15) is 0 Å². The first-order valence-electron chi connectivity index (χ1n) is 7.90. The summed E-state index contributed by atoms with van der Waals surface area (Å²) in [5.74, 6) is 1.21. The fourth-order valence-electron chi connectivity index (χ4n) is 4.16. The van der Waals surface area contributed by atoms with Crippen LogP contribution >= 0.6 is 0 Å². The van der Waals surface area contributed by atoms with E-state index in [9.17, 15) is 4.79 Å². The highest BCUT2D eigenvalue weighted by Gasteiger charge is 2.37. The Morgan fingerprint density at radius 1 is 0.944 bits per heavy atom. The Bertz CT molecular complexity index is 297. The molecule has 0 radical (unpaired) electrons. The molecule has 3 aliphatic rings. The quantitative estimate of drug-likeness (QED) is 0.774. The Hall–Kier alpha value is -0.570. The van der Waals surface area contributed by atoms with Gasteiger partial charge in [-0.1, -0.05) is 19.3 Å². The molecule has 0 aromatic rings. The van der Waals surface area contributed by atoms with Crippen molar-refractivity contribution >= 4 is 5.91 Å². The van der Waals surface area contributed by atoms with E-state index in [0.717, 1.165) is 25.4 Å². The van der Waals surface area contributed by atoms with Crippen molar-refractivity contribution in [2.24, 2.45) is 5.92 Å². The van der Waals surface area contributed by atoms with E-state index in [1.807, 2.05) is 0 Å². The lowest BCUT2D eigenvalue weighted by atomic mass is 9.78. The van der Waals surface area contributed by atoms with Crippen molar-refractivity contribution < 1.29 is 4.79 Å². The number of rotatable bonds is 1. The summed E-state index contributed by atoms with van der Waals surface area (Å²) in [6, 6.07) is 0.697. The molecule has 2 heterocycles. The molecule has 0 spiro atoms. The second kappa shape index (κ2) is 5.60. The maximum atomic E-state index is 12.7. The van der Waals surface area contributed by atoms with Crippen LogP contribution < -0.4 is 5.32 Å². The fourth-order valence-corrected chi connectivity index (χ4v) is 4.16. The molecule has 1 saturated carbocycles. The summed E-state index contributed by atoms with van der Waals surface area (Å²) in [7, 11) is 0. The number of nitrogens with zero attached hydrogens (tertiary/aromatic N) is 1. The molecule has 18 heavy (non-hydrogen) atoms. The summed E-state index contributed by atoms with van der Waals surface area (Å²) < 4.78 is 0. The molecule has 0 aromatic heterocycles. The third-order valence-corrected chi connectivity index (χ3v) is 5.13. The molecule has 0 unspecified atom stereocenters. The van der Waals surface area contributed by atoms with Crippen molar-refractivity contribution in [2.75, 3.05) is 13.1 Å². The standard InChI is InChI=1S/C15H26N2O/c18-15(13-8-3-4-10-16-13)17-11-5-7-12-6-1-2-9-14(12)17/h12-14,16H,1-11H2/t12-,13-,14-/m1/s1. The van der Waals surface area contributed by atoms with E-state index in [1.165, 1.54) is 51.4 Å². The maximum absolute atomic E-state index is 12.7. The van der Waals surface area contributed by atoms with E-state index in [4.69, 9.17) is 0 Å². The van der Waals surface area contributed by atoms with Gasteiger partial charge in [0.05, 0.1) is 6.04 Å². The molecule has 3 fully saturated rings. The molecule has 1 N–H and O–H groups in total. The monoisotopic (exact) mass is 250 g/mol. The van der Waals surface area contributed by atoms with Crippen LogP contribution in [0.2, 0.25) is 0 Å². The Morgan fingerprint density at radius 2 is 1.72 bits per heavy atom. The number of fused-ring (bicyclic) bond motifs is 1. The first-order valence-corrected chi connectivity index (χ1v) is 7.90. The van der Waals surface area contributed by atoms with Gasteiger partial charge in [-0.25, -0.2) is 0 Å². The highest BCUT2D eigenvalue weighted by molar-refractivity contribution is 5.82. The minimum absolute atomic E-state index is 0.124. The van der Waals surface area contributed by atoms with Crippen molar-refractivity contribution in [3.05, 3.63) is 0 Å². The maximum Gasteiger partial charge on any atom is 0.239 e. The molecule has 0 bridgehead atoms. The molecule has 3 rings (SSSR count). The van der Waals surface area contributed by atoms with Gasteiger partial charge in [-0.3, -0.25) is 4.79 Å². The number of likely N-dealkylation sites (tertiary alicyclic amines) is 1. The van der Waals surface area contributed by atoms with Crippen molar-refractivity contribution in [1.82, 2.24) is 10.2 Å². The van der Waals surface area contributed by atoms with Crippen LogP contribution in [-0.4, -0.2) is 36.0 Å². The van der Waals surface area contributed by atoms with Gasteiger partial charge in [0, 0.05) is 12.6 Å². The number of carbonyl (C=O) groups is 1. The number of piperidine rings is 2. The molecular formula is C15H26N2O. The average molecular weight is 250 g/mol. The Morgan fingerprint density at radius 3 is 2.56 bits per heavy atom. The Kier molecular flexibility index (Phi) is 3.88. The zero-order valence-corrected chi connectivity index (χ0v) is 11.4. The molecule has 2 aliphatic heterocycles. The lowest BCUT2D eigenvalue weighted by Gasteiger charge is -2.45. The number of amides is 1. The van der Waals surface area contributed by atoms with Gasteiger partial charge in [0.25, 0.3) is 0 Å². The van der Waals surface area contributed by atoms with Crippen LogP contribution in [0.1, 0.15) is 57.8 Å². The zero-order chi connectivity index (χ0) is 12.4. The van der Waals surface area contributed by atoms with Crippen molar-refractivity contribution in [3.8, 4) is 0 Å². The van der Waals surface area contributed by atoms with E-state index in [-0.39, 0.29) is 6.04 Å². The van der Waals surface area contributed by atoms with Crippen LogP contribution in [0.4, 0.5) is 0 Å². The highest BCUT2D eigenvalue weighted by atomic mass is 16.2. The first kappa shape index (κ1) is 12.5. The predicted molar refractivity (Wildman–Crippen MR) is 72.3 cm³/mol. The van der Waals surface area contributed by atoms with Gasteiger partial charge in [-0.15, -0.1) is 0 Å². The summed E-state index contributed by atoms with van der Waals surface area (Å²) >= 11 is 0.